The molecule has 3 aromatic rings. The molecule has 0 aliphatic heterocycles. The van der Waals surface area contributed by atoms with E-state index in [9.17, 15) is 14.9 Å². The van der Waals surface area contributed by atoms with Gasteiger partial charge in [-0.15, -0.1) is 5.10 Å². The minimum atomic E-state index is -0.578. The van der Waals surface area contributed by atoms with Crippen LogP contribution in [0.3, 0.4) is 0 Å². The van der Waals surface area contributed by atoms with Crippen molar-refractivity contribution in [3.05, 3.63) is 58.1 Å². The van der Waals surface area contributed by atoms with Crippen LogP contribution >= 0.6 is 0 Å². The summed E-state index contributed by atoms with van der Waals surface area (Å²) < 4.78 is 6.75. The minimum absolute atomic E-state index is 0.126. The number of nitro benzene ring substituents is 1. The summed E-state index contributed by atoms with van der Waals surface area (Å²) in [5.41, 5.74) is 1.23. The molecule has 10 nitrogen and oxygen atoms in total. The number of benzene rings is 2. The molecule has 10 heteroatoms. The van der Waals surface area contributed by atoms with Crippen LogP contribution in [0.4, 0.5) is 11.4 Å². The van der Waals surface area contributed by atoms with E-state index in [1.54, 1.807) is 38.2 Å². The van der Waals surface area contributed by atoms with Gasteiger partial charge in [-0.3, -0.25) is 14.9 Å². The lowest BCUT2D eigenvalue weighted by Gasteiger charge is -2.08. The smallest absolute Gasteiger partial charge is 0.311 e. The van der Waals surface area contributed by atoms with E-state index in [4.69, 9.17) is 4.74 Å². The molecule has 1 N–H and O–H groups in total. The highest BCUT2D eigenvalue weighted by Crippen LogP contribution is 2.28. The number of hydrogen-bond donors (Lipinski definition) is 1. The van der Waals surface area contributed by atoms with Gasteiger partial charge < -0.3 is 10.1 Å². The molecule has 1 heterocycles. The maximum Gasteiger partial charge on any atom is 0.311 e. The summed E-state index contributed by atoms with van der Waals surface area (Å²) in [6.45, 7) is 2.02. The van der Waals surface area contributed by atoms with E-state index in [-0.39, 0.29) is 17.0 Å². The molecule has 138 valence electrons. The third-order valence-electron chi connectivity index (χ3n) is 3.74. The highest BCUT2D eigenvalue weighted by Gasteiger charge is 2.18. The van der Waals surface area contributed by atoms with Crippen LogP contribution in [0.25, 0.3) is 11.4 Å². The second-order valence-corrected chi connectivity index (χ2v) is 5.53. The molecule has 0 atom stereocenters. The third kappa shape index (κ3) is 3.89. The number of tetrazole rings is 1. The molecule has 0 radical (unpaired) electrons. The summed E-state index contributed by atoms with van der Waals surface area (Å²) in [4.78, 5) is 23.0. The number of hydrogen-bond acceptors (Lipinski definition) is 7. The Morgan fingerprint density at radius 3 is 2.59 bits per heavy atom. The average molecular weight is 368 g/mol. The summed E-state index contributed by atoms with van der Waals surface area (Å²) in [7, 11) is 1.73. The zero-order valence-electron chi connectivity index (χ0n) is 14.6. The standard InChI is InChI=1S/C17H16N6O4/c1-3-27-15-9-6-12(10-14(15)23(25)26)17(24)18-13-7-4-11(5-8-13)16-19-20-21-22(16)2/h4-10H,3H2,1-2H3,(H,18,24). The number of anilines is 1. The first-order valence-electron chi connectivity index (χ1n) is 8.05. The second-order valence-electron chi connectivity index (χ2n) is 5.53. The normalized spacial score (nSPS) is 10.4. The van der Waals surface area contributed by atoms with Gasteiger partial charge in [0.1, 0.15) is 0 Å². The fraction of sp³-hybridized carbons (Fsp3) is 0.176. The lowest BCUT2D eigenvalue weighted by Crippen LogP contribution is -2.12. The number of nitrogens with one attached hydrogen (secondary N) is 1. The third-order valence-corrected chi connectivity index (χ3v) is 3.74. The Labute approximate surface area is 153 Å². The first kappa shape index (κ1) is 18.0. The monoisotopic (exact) mass is 368 g/mol. The van der Waals surface area contributed by atoms with Crippen LogP contribution in [0.2, 0.25) is 0 Å². The molecular formula is C17H16N6O4. The number of rotatable bonds is 6. The van der Waals surface area contributed by atoms with Crippen LogP contribution in [0, 0.1) is 10.1 Å². The van der Waals surface area contributed by atoms with E-state index in [2.05, 4.69) is 20.8 Å². The second kappa shape index (κ2) is 7.60. The van der Waals surface area contributed by atoms with Crippen molar-refractivity contribution in [1.29, 1.82) is 0 Å². The number of aromatic nitrogens is 4. The van der Waals surface area contributed by atoms with E-state index in [0.29, 0.717) is 18.1 Å². The van der Waals surface area contributed by atoms with Gasteiger partial charge in [-0.1, -0.05) is 0 Å². The Bertz CT molecular complexity index is 983. The van der Waals surface area contributed by atoms with Gasteiger partial charge in [-0.2, -0.15) is 0 Å². The number of nitrogens with zero attached hydrogens (tertiary/aromatic N) is 5. The van der Waals surface area contributed by atoms with Gasteiger partial charge in [0.15, 0.2) is 11.6 Å². The predicted molar refractivity (Wildman–Crippen MR) is 96.5 cm³/mol. The highest BCUT2D eigenvalue weighted by atomic mass is 16.6. The Kier molecular flexibility index (Phi) is 5.06. The molecular weight excluding hydrogens is 352 g/mol. The summed E-state index contributed by atoms with van der Waals surface area (Å²) in [6, 6.07) is 11.0. The lowest BCUT2D eigenvalue weighted by molar-refractivity contribution is -0.385. The van der Waals surface area contributed by atoms with Crippen LogP contribution in [0.15, 0.2) is 42.5 Å². The Morgan fingerprint density at radius 1 is 1.26 bits per heavy atom. The molecule has 27 heavy (non-hydrogen) atoms. The first-order chi connectivity index (χ1) is 13.0. The molecule has 0 fully saturated rings. The SMILES string of the molecule is CCOc1ccc(C(=O)Nc2ccc(-c3nnnn3C)cc2)cc1[N+](=O)[O-]. The van der Waals surface area contributed by atoms with Crippen molar-refractivity contribution in [1.82, 2.24) is 20.2 Å². The summed E-state index contributed by atoms with van der Waals surface area (Å²) in [6.07, 6.45) is 0. The number of carbonyl (C=O) groups is 1. The van der Waals surface area contributed by atoms with Crippen LogP contribution in [-0.4, -0.2) is 37.6 Å². The van der Waals surface area contributed by atoms with Crippen molar-refractivity contribution >= 4 is 17.3 Å². The molecule has 0 bridgehead atoms. The summed E-state index contributed by atoms with van der Waals surface area (Å²) >= 11 is 0. The van der Waals surface area contributed by atoms with Gasteiger partial charge in [-0.05, 0) is 53.7 Å². The largest absolute Gasteiger partial charge is 0.487 e. The molecule has 2 aromatic carbocycles. The Hall–Kier alpha value is -3.82. The molecule has 3 rings (SSSR count). The van der Waals surface area contributed by atoms with E-state index in [1.165, 1.54) is 22.9 Å². The number of nitro groups is 1. The van der Waals surface area contributed by atoms with Crippen LogP contribution in [-0.2, 0) is 7.05 Å². The molecule has 0 saturated carbocycles. The number of aryl methyl sites for hydroxylation is 1. The van der Waals surface area contributed by atoms with Crippen molar-refractivity contribution in [3.8, 4) is 17.1 Å². The average Bonchev–Trinajstić information content (AvgIpc) is 3.08. The van der Waals surface area contributed by atoms with Crippen molar-refractivity contribution in [2.45, 2.75) is 6.92 Å². The molecule has 1 aromatic heterocycles. The lowest BCUT2D eigenvalue weighted by atomic mass is 10.1. The fourth-order valence-corrected chi connectivity index (χ4v) is 2.46. The van der Waals surface area contributed by atoms with E-state index in [1.807, 2.05) is 0 Å². The van der Waals surface area contributed by atoms with Gasteiger partial charge in [0, 0.05) is 29.9 Å². The molecule has 0 aliphatic rings. The highest BCUT2D eigenvalue weighted by molar-refractivity contribution is 6.04. The molecule has 1 amide bonds. The van der Waals surface area contributed by atoms with Gasteiger partial charge in [0.2, 0.25) is 0 Å². The fourth-order valence-electron chi connectivity index (χ4n) is 2.46. The maximum atomic E-state index is 12.4. The van der Waals surface area contributed by atoms with Crippen LogP contribution in [0.5, 0.6) is 5.75 Å². The van der Waals surface area contributed by atoms with E-state index >= 15 is 0 Å². The van der Waals surface area contributed by atoms with Crippen molar-refractivity contribution in [2.24, 2.45) is 7.05 Å². The van der Waals surface area contributed by atoms with E-state index < -0.39 is 10.8 Å². The first-order valence-corrected chi connectivity index (χ1v) is 8.05. The van der Waals surface area contributed by atoms with Crippen LogP contribution < -0.4 is 10.1 Å². The molecule has 0 saturated heterocycles. The van der Waals surface area contributed by atoms with Gasteiger partial charge in [0.05, 0.1) is 11.5 Å². The van der Waals surface area contributed by atoms with Crippen LogP contribution in [0.1, 0.15) is 17.3 Å². The molecule has 0 unspecified atom stereocenters. The maximum absolute atomic E-state index is 12.4. The number of amides is 1. The summed E-state index contributed by atoms with van der Waals surface area (Å²) in [5.74, 6) is 0.255. The zero-order chi connectivity index (χ0) is 19.4. The van der Waals surface area contributed by atoms with E-state index in [0.717, 1.165) is 5.56 Å². The van der Waals surface area contributed by atoms with Gasteiger partial charge in [0.25, 0.3) is 5.91 Å². The van der Waals surface area contributed by atoms with Crippen molar-refractivity contribution in [2.75, 3.05) is 11.9 Å². The Morgan fingerprint density at radius 2 is 2.00 bits per heavy atom. The van der Waals surface area contributed by atoms with Gasteiger partial charge in [-0.25, -0.2) is 4.68 Å². The quantitative estimate of drug-likeness (QED) is 0.523. The summed E-state index contributed by atoms with van der Waals surface area (Å²) in [5, 5.41) is 25.1. The predicted octanol–water partition coefficient (Wildman–Crippen LogP) is 2.44. The van der Waals surface area contributed by atoms with Crippen molar-refractivity contribution < 1.29 is 14.5 Å². The number of ether oxygens (including phenoxy) is 1. The topological polar surface area (TPSA) is 125 Å². The molecule has 0 aliphatic carbocycles. The molecule has 0 spiro atoms. The Balaban J connectivity index is 1.78. The number of carbonyl (C=O) groups excluding carboxylic acids is 1. The minimum Gasteiger partial charge on any atom is -0.487 e. The zero-order valence-corrected chi connectivity index (χ0v) is 14.6. The van der Waals surface area contributed by atoms with Gasteiger partial charge >= 0.3 is 5.69 Å². The van der Waals surface area contributed by atoms with Crippen molar-refractivity contribution in [3.63, 3.8) is 0 Å².